The second-order valence-electron chi connectivity index (χ2n) is 3.84. The zero-order valence-corrected chi connectivity index (χ0v) is 10.1. The van der Waals surface area contributed by atoms with Crippen LogP contribution >= 0.6 is 11.6 Å². The van der Waals surface area contributed by atoms with E-state index in [2.05, 4.69) is 9.97 Å². The van der Waals surface area contributed by atoms with Crippen molar-refractivity contribution in [3.8, 4) is 0 Å². The Morgan fingerprint density at radius 2 is 2.12 bits per heavy atom. The Bertz CT molecular complexity index is 542. The molecule has 2 aromatic rings. The third-order valence-corrected chi connectivity index (χ3v) is 2.82. The Kier molecular flexibility index (Phi) is 3.26. The molecular formula is C12H13ClN4. The summed E-state index contributed by atoms with van der Waals surface area (Å²) in [4.78, 5) is 8.27. The van der Waals surface area contributed by atoms with Gasteiger partial charge in [-0.15, -0.1) is 0 Å². The van der Waals surface area contributed by atoms with Crippen molar-refractivity contribution in [3.05, 3.63) is 52.4 Å². The fraction of sp³-hybridized carbons (Fsp3) is 0.167. The van der Waals surface area contributed by atoms with Crippen LogP contribution in [0, 0.1) is 6.92 Å². The molecule has 5 heteroatoms. The van der Waals surface area contributed by atoms with Gasteiger partial charge >= 0.3 is 0 Å². The third kappa shape index (κ3) is 2.38. The molecule has 0 spiro atoms. The minimum Gasteiger partial charge on any atom is -0.383 e. The van der Waals surface area contributed by atoms with Crippen LogP contribution in [0.5, 0.6) is 0 Å². The van der Waals surface area contributed by atoms with E-state index in [1.54, 1.807) is 24.5 Å². The lowest BCUT2D eigenvalue weighted by atomic mass is 10.0. The molecule has 17 heavy (non-hydrogen) atoms. The van der Waals surface area contributed by atoms with E-state index >= 15 is 0 Å². The standard InChI is InChI=1S/C12H13ClN4/c1-7-5-8(12(15)17-6-7)10(14)11-9(13)3-2-4-16-11/h2-6,10H,14H2,1H3,(H2,15,17). The van der Waals surface area contributed by atoms with Crippen LogP contribution in [0.2, 0.25) is 5.02 Å². The Labute approximate surface area is 105 Å². The maximum absolute atomic E-state index is 6.12. The van der Waals surface area contributed by atoms with E-state index in [4.69, 9.17) is 23.1 Å². The van der Waals surface area contributed by atoms with Gasteiger partial charge in [0.25, 0.3) is 0 Å². The number of nitrogens with two attached hydrogens (primary N) is 2. The minimum atomic E-state index is -0.462. The van der Waals surface area contributed by atoms with Crippen LogP contribution < -0.4 is 11.5 Å². The quantitative estimate of drug-likeness (QED) is 0.853. The molecule has 2 aromatic heterocycles. The molecular weight excluding hydrogens is 236 g/mol. The number of aromatic nitrogens is 2. The van der Waals surface area contributed by atoms with E-state index in [9.17, 15) is 0 Å². The SMILES string of the molecule is Cc1cnc(N)c(C(N)c2ncccc2Cl)c1. The summed E-state index contributed by atoms with van der Waals surface area (Å²) < 4.78 is 0. The summed E-state index contributed by atoms with van der Waals surface area (Å²) in [6, 6.07) is 4.95. The molecule has 0 amide bonds. The minimum absolute atomic E-state index is 0.407. The van der Waals surface area contributed by atoms with E-state index < -0.39 is 6.04 Å². The van der Waals surface area contributed by atoms with Crippen molar-refractivity contribution in [2.45, 2.75) is 13.0 Å². The van der Waals surface area contributed by atoms with Gasteiger partial charge in [-0.05, 0) is 30.7 Å². The summed E-state index contributed by atoms with van der Waals surface area (Å²) in [7, 11) is 0. The fourth-order valence-electron chi connectivity index (χ4n) is 1.63. The van der Waals surface area contributed by atoms with Gasteiger partial charge in [0.05, 0.1) is 16.8 Å². The summed E-state index contributed by atoms with van der Waals surface area (Å²) in [5, 5.41) is 0.529. The van der Waals surface area contributed by atoms with Crippen LogP contribution in [0.4, 0.5) is 5.82 Å². The first-order valence-corrected chi connectivity index (χ1v) is 5.55. The van der Waals surface area contributed by atoms with Crippen molar-refractivity contribution in [3.63, 3.8) is 0 Å². The zero-order chi connectivity index (χ0) is 12.4. The van der Waals surface area contributed by atoms with Gasteiger partial charge in [0.1, 0.15) is 5.82 Å². The zero-order valence-electron chi connectivity index (χ0n) is 9.39. The van der Waals surface area contributed by atoms with E-state index in [-0.39, 0.29) is 0 Å². The monoisotopic (exact) mass is 248 g/mol. The number of nitrogen functional groups attached to an aromatic ring is 1. The molecule has 0 saturated heterocycles. The molecule has 0 aliphatic rings. The Balaban J connectivity index is 2.47. The molecule has 4 N–H and O–H groups in total. The van der Waals surface area contributed by atoms with Crippen molar-refractivity contribution in [2.75, 3.05) is 5.73 Å². The number of pyridine rings is 2. The number of halogens is 1. The topological polar surface area (TPSA) is 77.8 Å². The Hall–Kier alpha value is -1.65. The highest BCUT2D eigenvalue weighted by atomic mass is 35.5. The van der Waals surface area contributed by atoms with Crippen molar-refractivity contribution in [2.24, 2.45) is 5.73 Å². The Morgan fingerprint density at radius 1 is 1.35 bits per heavy atom. The number of aryl methyl sites for hydroxylation is 1. The molecule has 0 bridgehead atoms. The predicted octanol–water partition coefficient (Wildman–Crippen LogP) is 2.07. The summed E-state index contributed by atoms with van der Waals surface area (Å²) in [5.41, 5.74) is 14.3. The molecule has 0 aliphatic carbocycles. The van der Waals surface area contributed by atoms with E-state index in [0.29, 0.717) is 16.5 Å². The van der Waals surface area contributed by atoms with Crippen LogP contribution in [0.3, 0.4) is 0 Å². The number of hydrogen-bond donors (Lipinski definition) is 2. The predicted molar refractivity (Wildman–Crippen MR) is 68.7 cm³/mol. The maximum atomic E-state index is 6.12. The molecule has 0 fully saturated rings. The molecule has 1 atom stereocenters. The van der Waals surface area contributed by atoms with Crippen molar-refractivity contribution in [1.29, 1.82) is 0 Å². The second kappa shape index (κ2) is 4.69. The van der Waals surface area contributed by atoms with Gasteiger partial charge in [0, 0.05) is 18.0 Å². The molecule has 0 saturated carbocycles. The van der Waals surface area contributed by atoms with Crippen molar-refractivity contribution in [1.82, 2.24) is 9.97 Å². The van der Waals surface area contributed by atoms with E-state index in [0.717, 1.165) is 11.1 Å². The number of nitrogens with zero attached hydrogens (tertiary/aromatic N) is 2. The molecule has 0 aliphatic heterocycles. The molecule has 2 rings (SSSR count). The summed E-state index contributed by atoms with van der Waals surface area (Å²) >= 11 is 6.06. The first-order valence-electron chi connectivity index (χ1n) is 5.17. The van der Waals surface area contributed by atoms with Gasteiger partial charge in [-0.3, -0.25) is 4.98 Å². The smallest absolute Gasteiger partial charge is 0.128 e. The highest BCUT2D eigenvalue weighted by molar-refractivity contribution is 6.31. The van der Waals surface area contributed by atoms with Crippen LogP contribution in [-0.2, 0) is 0 Å². The highest BCUT2D eigenvalue weighted by Crippen LogP contribution is 2.27. The van der Waals surface area contributed by atoms with Gasteiger partial charge in [-0.1, -0.05) is 11.6 Å². The van der Waals surface area contributed by atoms with Crippen LogP contribution in [-0.4, -0.2) is 9.97 Å². The lowest BCUT2D eigenvalue weighted by molar-refractivity contribution is 0.825. The lowest BCUT2D eigenvalue weighted by Gasteiger charge is -2.14. The van der Waals surface area contributed by atoms with Gasteiger partial charge < -0.3 is 11.5 Å². The molecule has 0 aromatic carbocycles. The molecule has 1 unspecified atom stereocenters. The number of hydrogen-bond acceptors (Lipinski definition) is 4. The maximum Gasteiger partial charge on any atom is 0.128 e. The van der Waals surface area contributed by atoms with Crippen molar-refractivity contribution >= 4 is 17.4 Å². The number of rotatable bonds is 2. The van der Waals surface area contributed by atoms with E-state index in [1.807, 2.05) is 13.0 Å². The second-order valence-corrected chi connectivity index (χ2v) is 4.24. The fourth-order valence-corrected chi connectivity index (χ4v) is 1.86. The largest absolute Gasteiger partial charge is 0.383 e. The summed E-state index contributed by atoms with van der Waals surface area (Å²) in [6.07, 6.45) is 3.35. The van der Waals surface area contributed by atoms with E-state index in [1.165, 1.54) is 0 Å². The lowest BCUT2D eigenvalue weighted by Crippen LogP contribution is -2.16. The first-order chi connectivity index (χ1) is 8.09. The average molecular weight is 249 g/mol. The van der Waals surface area contributed by atoms with Gasteiger partial charge in [-0.25, -0.2) is 4.98 Å². The van der Waals surface area contributed by atoms with Gasteiger partial charge in [0.15, 0.2) is 0 Å². The number of anilines is 1. The average Bonchev–Trinajstić information content (AvgIpc) is 2.32. The molecule has 0 radical (unpaired) electrons. The van der Waals surface area contributed by atoms with Crippen LogP contribution in [0.25, 0.3) is 0 Å². The first kappa shape index (κ1) is 11.8. The van der Waals surface area contributed by atoms with Crippen molar-refractivity contribution < 1.29 is 0 Å². The molecule has 4 nitrogen and oxygen atoms in total. The van der Waals surface area contributed by atoms with Crippen LogP contribution in [0.15, 0.2) is 30.6 Å². The van der Waals surface area contributed by atoms with Gasteiger partial charge in [0.2, 0.25) is 0 Å². The highest BCUT2D eigenvalue weighted by Gasteiger charge is 2.16. The molecule has 2 heterocycles. The van der Waals surface area contributed by atoms with Gasteiger partial charge in [-0.2, -0.15) is 0 Å². The summed E-state index contributed by atoms with van der Waals surface area (Å²) in [6.45, 7) is 1.93. The third-order valence-electron chi connectivity index (χ3n) is 2.50. The normalized spacial score (nSPS) is 12.4. The molecule has 88 valence electrons. The van der Waals surface area contributed by atoms with Crippen LogP contribution in [0.1, 0.15) is 22.9 Å². The summed E-state index contributed by atoms with van der Waals surface area (Å²) in [5.74, 6) is 0.407. The Morgan fingerprint density at radius 3 is 2.82 bits per heavy atom.